The zero-order valence-corrected chi connectivity index (χ0v) is 9.62. The smallest absolute Gasteiger partial charge is 0.358 e. The van der Waals surface area contributed by atoms with E-state index in [0.29, 0.717) is 0 Å². The third kappa shape index (κ3) is 90.6. The van der Waals surface area contributed by atoms with Crippen LogP contribution in [0, 0.1) is 20.8 Å². The van der Waals surface area contributed by atoms with Crippen molar-refractivity contribution in [3.63, 3.8) is 0 Å². The summed E-state index contributed by atoms with van der Waals surface area (Å²) in [5, 5.41) is 0. The van der Waals surface area contributed by atoms with Crippen molar-refractivity contribution in [1.82, 2.24) is 0 Å². The van der Waals surface area contributed by atoms with Crippen LogP contribution in [-0.4, -0.2) is 0 Å². The Labute approximate surface area is 91.5 Å². The molecule has 0 atom stereocenters. The molecule has 0 amide bonds. The van der Waals surface area contributed by atoms with Gasteiger partial charge in [-0.15, -0.1) is 0 Å². The van der Waals surface area contributed by atoms with Gasteiger partial charge in [-0.1, -0.05) is 0 Å². The van der Waals surface area contributed by atoms with E-state index in [1.54, 1.807) is 0 Å². The van der Waals surface area contributed by atoms with E-state index in [4.69, 9.17) is 0 Å². The zero-order chi connectivity index (χ0) is 3.58. The summed E-state index contributed by atoms with van der Waals surface area (Å²) in [6.45, 7) is 6.25. The van der Waals surface area contributed by atoms with Crippen LogP contribution in [0.15, 0.2) is 0 Å². The van der Waals surface area contributed by atoms with E-state index >= 15 is 0 Å². The first-order valence-electron chi connectivity index (χ1n) is 1.50. The third-order valence-corrected chi connectivity index (χ3v) is 0. The van der Waals surface area contributed by atoms with Crippen LogP contribution in [-0.2, 0) is 0 Å². The van der Waals surface area contributed by atoms with Crippen LogP contribution >= 0.6 is 0 Å². The second-order valence-corrected chi connectivity index (χ2v) is 1.50. The molecule has 0 heterocycles. The Balaban J connectivity index is -0.0000000150. The van der Waals surface area contributed by atoms with Crippen molar-refractivity contribution in [2.75, 3.05) is 0 Å². The minimum Gasteiger partial charge on any atom is -0.358 e. The monoisotopic (exact) mass is 126 g/mol. The molecule has 0 aromatic rings. The first-order chi connectivity index (χ1) is 1.73. The van der Waals surface area contributed by atoms with Crippen molar-refractivity contribution < 1.29 is 51.4 Å². The fourth-order valence-corrected chi connectivity index (χ4v) is 0. The first-order valence-corrected chi connectivity index (χ1v) is 1.50. The van der Waals surface area contributed by atoms with Crippen molar-refractivity contribution in [1.29, 1.82) is 0 Å². The summed E-state index contributed by atoms with van der Waals surface area (Å²) in [5.41, 5.74) is 0. The van der Waals surface area contributed by atoms with Crippen LogP contribution in [0.25, 0.3) is 0 Å². The summed E-state index contributed by atoms with van der Waals surface area (Å²) >= 11 is 0. The average molecular weight is 126 g/mol. The molecule has 0 bridgehead atoms. The topological polar surface area (TPSA) is 0 Å². The Morgan fingerprint density at radius 2 is 0.857 bits per heavy atom. The molecule has 1 heteroatoms. The van der Waals surface area contributed by atoms with Gasteiger partial charge in [0.05, 0.1) is 0 Å². The van der Waals surface area contributed by atoms with E-state index in [9.17, 15) is 0 Å². The molecular formula is C6H15K-2. The standard InChI is InChI=1S/C4H9.2CH3.K/c1-4(2)3;;;/h1-3H3;2*1H3;/q3*-1;+1. The Morgan fingerprint density at radius 3 is 0.857 bits per heavy atom. The average Bonchev–Trinajstić information content (AvgIpc) is 0.811. The van der Waals surface area contributed by atoms with Gasteiger partial charge in [-0.2, -0.15) is 20.8 Å². The van der Waals surface area contributed by atoms with Crippen LogP contribution in [0.3, 0.4) is 0 Å². The number of rotatable bonds is 0. The summed E-state index contributed by atoms with van der Waals surface area (Å²) in [6.07, 6.45) is 0. The molecule has 7 heavy (non-hydrogen) atoms. The van der Waals surface area contributed by atoms with Crippen molar-refractivity contribution in [3.05, 3.63) is 20.8 Å². The van der Waals surface area contributed by atoms with E-state index in [2.05, 4.69) is 20.8 Å². The molecule has 0 aliphatic heterocycles. The van der Waals surface area contributed by atoms with E-state index in [1.807, 2.05) is 0 Å². The van der Waals surface area contributed by atoms with Crippen molar-refractivity contribution in [2.24, 2.45) is 0 Å². The van der Waals surface area contributed by atoms with Crippen LogP contribution in [0.5, 0.6) is 0 Å². The van der Waals surface area contributed by atoms with Crippen LogP contribution < -0.4 is 51.4 Å². The Hall–Kier alpha value is 1.64. The van der Waals surface area contributed by atoms with Crippen molar-refractivity contribution >= 4 is 0 Å². The van der Waals surface area contributed by atoms with Gasteiger partial charge in [0.15, 0.2) is 0 Å². The second-order valence-electron chi connectivity index (χ2n) is 1.50. The third-order valence-electron chi connectivity index (χ3n) is 0. The summed E-state index contributed by atoms with van der Waals surface area (Å²) in [4.78, 5) is 0. The predicted octanol–water partition coefficient (Wildman–Crippen LogP) is -0.475. The van der Waals surface area contributed by atoms with Gasteiger partial charge < -0.3 is 20.8 Å². The molecule has 0 unspecified atom stereocenters. The number of hydrogen-bond donors (Lipinski definition) is 0. The van der Waals surface area contributed by atoms with Crippen molar-refractivity contribution in [3.8, 4) is 0 Å². The van der Waals surface area contributed by atoms with E-state index in [0.717, 1.165) is 0 Å². The van der Waals surface area contributed by atoms with Gasteiger partial charge in [0.1, 0.15) is 0 Å². The molecule has 0 aromatic heterocycles. The van der Waals surface area contributed by atoms with Crippen LogP contribution in [0.1, 0.15) is 20.8 Å². The molecule has 0 radical (unpaired) electrons. The fraction of sp³-hybridized carbons (Fsp3) is 0.500. The van der Waals surface area contributed by atoms with Crippen LogP contribution in [0.4, 0.5) is 0 Å². The molecule has 42 valence electrons. The normalized spacial score (nSPS) is 5.14. The molecule has 0 spiro atoms. The van der Waals surface area contributed by atoms with E-state index < -0.39 is 0 Å². The van der Waals surface area contributed by atoms with Crippen molar-refractivity contribution in [2.45, 2.75) is 20.8 Å². The maximum atomic E-state index is 2.08. The maximum absolute atomic E-state index is 2.08. The minimum atomic E-state index is 0. The van der Waals surface area contributed by atoms with Gasteiger partial charge in [0.25, 0.3) is 0 Å². The molecule has 0 aromatic carbocycles. The van der Waals surface area contributed by atoms with Gasteiger partial charge >= 0.3 is 51.4 Å². The molecule has 0 nitrogen and oxygen atoms in total. The first kappa shape index (κ1) is 23.4. The van der Waals surface area contributed by atoms with E-state index in [1.165, 1.54) is 5.92 Å². The molecule has 0 fully saturated rings. The summed E-state index contributed by atoms with van der Waals surface area (Å²) in [5.74, 6) is 1.42. The zero-order valence-electron chi connectivity index (χ0n) is 6.50. The molecule has 0 aliphatic carbocycles. The van der Waals surface area contributed by atoms with Gasteiger partial charge in [-0.3, -0.25) is 0 Å². The van der Waals surface area contributed by atoms with Gasteiger partial charge in [0, 0.05) is 0 Å². The second kappa shape index (κ2) is 15.6. The molecule has 0 N–H and O–H groups in total. The summed E-state index contributed by atoms with van der Waals surface area (Å²) in [7, 11) is 0. The Kier molecular flexibility index (Phi) is 52.4. The summed E-state index contributed by atoms with van der Waals surface area (Å²) in [6, 6.07) is 0. The Bertz CT molecular complexity index is 8.90. The molecule has 0 saturated heterocycles. The largest absolute Gasteiger partial charge is 1.00 e. The minimum absolute atomic E-state index is 0. The molecule has 0 aliphatic rings. The Morgan fingerprint density at radius 1 is 0.857 bits per heavy atom. The van der Waals surface area contributed by atoms with Gasteiger partial charge in [0.2, 0.25) is 0 Å². The van der Waals surface area contributed by atoms with E-state index in [-0.39, 0.29) is 66.2 Å². The van der Waals surface area contributed by atoms with Gasteiger partial charge in [-0.25, -0.2) is 0 Å². The van der Waals surface area contributed by atoms with Gasteiger partial charge in [-0.05, 0) is 0 Å². The SMILES string of the molecule is C[C-](C)C.[CH3-].[CH3-].[K+]. The van der Waals surface area contributed by atoms with Crippen LogP contribution in [0.2, 0.25) is 0 Å². The predicted molar refractivity (Wildman–Crippen MR) is 33.1 cm³/mol. The fourth-order valence-electron chi connectivity index (χ4n) is 0. The maximum Gasteiger partial charge on any atom is 1.00 e. The molecule has 0 saturated carbocycles. The quantitative estimate of drug-likeness (QED) is 0.304. The molecule has 0 rings (SSSR count). The molecular weight excluding hydrogens is 111 g/mol. The summed E-state index contributed by atoms with van der Waals surface area (Å²) < 4.78 is 0. The number of hydrogen-bond acceptors (Lipinski definition) is 0.